The van der Waals surface area contributed by atoms with Crippen LogP contribution in [0.2, 0.25) is 0 Å². The topological polar surface area (TPSA) is 120 Å². The van der Waals surface area contributed by atoms with Crippen molar-refractivity contribution < 1.29 is 22.5 Å². The Balaban J connectivity index is 1.30. The van der Waals surface area contributed by atoms with Gasteiger partial charge in [-0.3, -0.25) is 4.79 Å². The van der Waals surface area contributed by atoms with Gasteiger partial charge in [-0.1, -0.05) is 11.2 Å². The average Bonchev–Trinajstić information content (AvgIpc) is 3.48. The van der Waals surface area contributed by atoms with Crippen molar-refractivity contribution in [3.05, 3.63) is 35.4 Å². The number of carbonyl (C=O) groups is 1. The summed E-state index contributed by atoms with van der Waals surface area (Å²) in [4.78, 5) is 21.6. The summed E-state index contributed by atoms with van der Waals surface area (Å²) in [5.74, 6) is 0.543. The maximum atomic E-state index is 12.7. The Morgan fingerprint density at radius 2 is 2.10 bits per heavy atom. The van der Waals surface area contributed by atoms with Gasteiger partial charge in [0, 0.05) is 26.3 Å². The van der Waals surface area contributed by atoms with E-state index in [9.17, 15) is 13.2 Å². The highest BCUT2D eigenvalue weighted by Crippen LogP contribution is 2.25. The van der Waals surface area contributed by atoms with Crippen LogP contribution in [0.5, 0.6) is 0 Å². The van der Waals surface area contributed by atoms with Gasteiger partial charge in [0.25, 0.3) is 15.9 Å². The molecule has 30 heavy (non-hydrogen) atoms. The van der Waals surface area contributed by atoms with E-state index in [0.29, 0.717) is 24.6 Å². The molecule has 12 heteroatoms. The van der Waals surface area contributed by atoms with Crippen LogP contribution in [0.4, 0.5) is 0 Å². The molecule has 0 atom stereocenters. The number of carbonyl (C=O) groups excluding carboxylic acids is 1. The van der Waals surface area contributed by atoms with Gasteiger partial charge in [0.15, 0.2) is 11.6 Å². The number of esters is 1. The van der Waals surface area contributed by atoms with Crippen molar-refractivity contribution >= 4 is 27.3 Å². The minimum Gasteiger partial charge on any atom is -0.457 e. The van der Waals surface area contributed by atoms with E-state index in [0.717, 1.165) is 4.88 Å². The highest BCUT2D eigenvalue weighted by molar-refractivity contribution is 7.89. The van der Waals surface area contributed by atoms with Gasteiger partial charge >= 0.3 is 5.97 Å². The van der Waals surface area contributed by atoms with E-state index in [4.69, 9.17) is 9.26 Å². The molecule has 0 saturated carbocycles. The molecular weight excluding hydrogens is 430 g/mol. The third kappa shape index (κ3) is 4.16. The smallest absolute Gasteiger partial charge is 0.309 e. The molecule has 0 N–H and O–H groups in total. The highest BCUT2D eigenvalue weighted by Gasteiger charge is 2.34. The molecule has 3 aromatic heterocycles. The number of aromatic nitrogens is 4. The van der Waals surface area contributed by atoms with Crippen LogP contribution in [0.15, 0.2) is 33.3 Å². The van der Waals surface area contributed by atoms with Gasteiger partial charge < -0.3 is 13.8 Å². The molecular formula is C18H21N5O5S2. The first-order valence-corrected chi connectivity index (χ1v) is 11.7. The number of imidazole rings is 1. The third-order valence-corrected chi connectivity index (χ3v) is 7.65. The van der Waals surface area contributed by atoms with E-state index in [1.807, 2.05) is 17.5 Å². The quantitative estimate of drug-likeness (QED) is 0.522. The maximum absolute atomic E-state index is 12.7. The first-order valence-electron chi connectivity index (χ1n) is 9.38. The molecule has 0 unspecified atom stereocenters. The Kier molecular flexibility index (Phi) is 5.71. The highest BCUT2D eigenvalue weighted by atomic mass is 32.2. The summed E-state index contributed by atoms with van der Waals surface area (Å²) in [6.45, 7) is 2.14. The van der Waals surface area contributed by atoms with Crippen LogP contribution >= 0.6 is 11.3 Å². The Morgan fingerprint density at radius 3 is 2.73 bits per heavy atom. The number of hydrogen-bond acceptors (Lipinski definition) is 9. The number of ether oxygens (including phenoxy) is 1. The van der Waals surface area contributed by atoms with Gasteiger partial charge in [-0.05, 0) is 31.2 Å². The Hall–Kier alpha value is -2.57. The maximum Gasteiger partial charge on any atom is 0.309 e. The number of piperidine rings is 1. The van der Waals surface area contributed by atoms with Gasteiger partial charge in [-0.2, -0.15) is 9.29 Å². The minimum absolute atomic E-state index is 0.0298. The zero-order valence-corrected chi connectivity index (χ0v) is 18.1. The van der Waals surface area contributed by atoms with Gasteiger partial charge in [0.05, 0.1) is 10.8 Å². The molecule has 1 saturated heterocycles. The minimum atomic E-state index is -3.67. The normalized spacial score (nSPS) is 16.1. The molecule has 10 nitrogen and oxygen atoms in total. The monoisotopic (exact) mass is 451 g/mol. The Bertz CT molecular complexity index is 1110. The predicted octanol–water partition coefficient (Wildman–Crippen LogP) is 1.98. The molecule has 1 aliphatic heterocycles. The van der Waals surface area contributed by atoms with Crippen LogP contribution in [-0.2, 0) is 33.2 Å². The van der Waals surface area contributed by atoms with E-state index in [2.05, 4.69) is 15.1 Å². The van der Waals surface area contributed by atoms with Gasteiger partial charge in [0.1, 0.15) is 5.82 Å². The third-order valence-electron chi connectivity index (χ3n) is 5.02. The lowest BCUT2D eigenvalue weighted by atomic mass is 9.98. The van der Waals surface area contributed by atoms with Crippen LogP contribution in [-0.4, -0.2) is 51.5 Å². The van der Waals surface area contributed by atoms with E-state index in [-0.39, 0.29) is 42.4 Å². The average molecular weight is 452 g/mol. The van der Waals surface area contributed by atoms with Gasteiger partial charge in [-0.25, -0.2) is 13.4 Å². The number of aryl methyl sites for hydroxylation is 2. The first-order chi connectivity index (χ1) is 14.3. The fourth-order valence-electron chi connectivity index (χ4n) is 3.18. The summed E-state index contributed by atoms with van der Waals surface area (Å²) in [7, 11) is -1.92. The standard InChI is InChI=1S/C18H21N5O5S2/c1-12-19-16(10-22(12)2)30(25,26)23-7-5-13(6-8-23)18(24)27-11-15-20-17(28-21-15)14-4-3-9-29-14/h3-4,9-10,13H,5-8,11H2,1-2H3. The molecule has 4 heterocycles. The number of hydrogen-bond donors (Lipinski definition) is 0. The molecule has 160 valence electrons. The summed E-state index contributed by atoms with van der Waals surface area (Å²) < 4.78 is 39.0. The SMILES string of the molecule is Cc1nc(S(=O)(=O)N2CCC(C(=O)OCc3noc(-c4cccs4)n3)CC2)cn1C. The second-order valence-electron chi connectivity index (χ2n) is 7.02. The zero-order chi connectivity index (χ0) is 21.3. The van der Waals surface area contributed by atoms with E-state index in [1.54, 1.807) is 18.5 Å². The van der Waals surface area contributed by atoms with Crippen molar-refractivity contribution in [1.29, 1.82) is 0 Å². The van der Waals surface area contributed by atoms with Crippen LogP contribution in [0, 0.1) is 12.8 Å². The van der Waals surface area contributed by atoms with Gasteiger partial charge in [-0.15, -0.1) is 11.3 Å². The van der Waals surface area contributed by atoms with Crippen LogP contribution in [0.25, 0.3) is 10.8 Å². The summed E-state index contributed by atoms with van der Waals surface area (Å²) in [5, 5.41) is 5.76. The number of nitrogens with zero attached hydrogens (tertiary/aromatic N) is 5. The summed E-state index contributed by atoms with van der Waals surface area (Å²) in [6.07, 6.45) is 2.27. The molecule has 0 spiro atoms. The summed E-state index contributed by atoms with van der Waals surface area (Å²) >= 11 is 1.48. The fraction of sp³-hybridized carbons (Fsp3) is 0.444. The van der Waals surface area contributed by atoms with Crippen molar-refractivity contribution in [3.8, 4) is 10.8 Å². The fourth-order valence-corrected chi connectivity index (χ4v) is 5.32. The van der Waals surface area contributed by atoms with E-state index >= 15 is 0 Å². The second kappa shape index (κ2) is 8.28. The molecule has 1 fully saturated rings. The zero-order valence-electron chi connectivity index (χ0n) is 16.5. The van der Waals surface area contributed by atoms with E-state index in [1.165, 1.54) is 21.8 Å². The molecule has 0 aliphatic carbocycles. The number of rotatable bonds is 6. The lowest BCUT2D eigenvalue weighted by Gasteiger charge is -2.29. The molecule has 0 bridgehead atoms. The summed E-state index contributed by atoms with van der Waals surface area (Å²) in [6, 6.07) is 3.74. The predicted molar refractivity (Wildman–Crippen MR) is 107 cm³/mol. The van der Waals surface area contributed by atoms with Crippen molar-refractivity contribution in [2.75, 3.05) is 13.1 Å². The molecule has 1 aliphatic rings. The van der Waals surface area contributed by atoms with Crippen molar-refractivity contribution in [2.45, 2.75) is 31.4 Å². The number of sulfonamides is 1. The van der Waals surface area contributed by atoms with Crippen LogP contribution in [0.1, 0.15) is 24.5 Å². The van der Waals surface area contributed by atoms with Crippen LogP contribution < -0.4 is 0 Å². The lowest BCUT2D eigenvalue weighted by molar-refractivity contribution is -0.151. The Morgan fingerprint density at radius 1 is 1.33 bits per heavy atom. The summed E-state index contributed by atoms with van der Waals surface area (Å²) in [5.41, 5.74) is 0. The van der Waals surface area contributed by atoms with E-state index < -0.39 is 10.0 Å². The number of thiophene rings is 1. The van der Waals surface area contributed by atoms with Crippen molar-refractivity contribution in [3.63, 3.8) is 0 Å². The Labute approximate surface area is 177 Å². The molecule has 4 rings (SSSR count). The van der Waals surface area contributed by atoms with Crippen molar-refractivity contribution in [2.24, 2.45) is 13.0 Å². The second-order valence-corrected chi connectivity index (χ2v) is 9.85. The van der Waals surface area contributed by atoms with Crippen LogP contribution in [0.3, 0.4) is 0 Å². The molecule has 0 radical (unpaired) electrons. The molecule has 0 aromatic carbocycles. The molecule has 3 aromatic rings. The van der Waals surface area contributed by atoms with Crippen molar-refractivity contribution in [1.82, 2.24) is 24.0 Å². The lowest BCUT2D eigenvalue weighted by Crippen LogP contribution is -2.40. The largest absolute Gasteiger partial charge is 0.457 e. The first kappa shape index (κ1) is 20.7. The van der Waals surface area contributed by atoms with Gasteiger partial charge in [0.2, 0.25) is 5.82 Å². The molecule has 0 amide bonds.